The highest BCUT2D eigenvalue weighted by Gasteiger charge is 2.47. The van der Waals surface area contributed by atoms with Crippen LogP contribution in [0, 0.1) is 5.92 Å². The average molecular weight is 773 g/mol. The molecule has 3 N–H and O–H groups in total. The molecule has 1 atom stereocenters. The van der Waals surface area contributed by atoms with Gasteiger partial charge in [0.1, 0.15) is 23.0 Å². The molecule has 0 bridgehead atoms. The summed E-state index contributed by atoms with van der Waals surface area (Å²) in [6.45, 7) is 3.37. The second-order valence-corrected chi connectivity index (χ2v) is 15.9. The van der Waals surface area contributed by atoms with Gasteiger partial charge in [-0.15, -0.1) is 0 Å². The van der Waals surface area contributed by atoms with E-state index in [4.69, 9.17) is 9.84 Å². The number of ether oxygens (including phenoxy) is 1. The van der Waals surface area contributed by atoms with Gasteiger partial charge in [-0.1, -0.05) is 0 Å². The molecule has 3 saturated heterocycles. The number of hydrogen-bond donors (Lipinski definition) is 3. The van der Waals surface area contributed by atoms with Crippen molar-refractivity contribution in [2.75, 3.05) is 49.5 Å². The predicted octanol–water partition coefficient (Wildman–Crippen LogP) is 2.41. The van der Waals surface area contributed by atoms with Crippen molar-refractivity contribution >= 4 is 57.5 Å². The zero-order valence-corrected chi connectivity index (χ0v) is 31.0. The van der Waals surface area contributed by atoms with Crippen LogP contribution < -0.4 is 20.3 Å². The Morgan fingerprint density at radius 2 is 1.81 bits per heavy atom. The van der Waals surface area contributed by atoms with E-state index >= 15 is 0 Å². The summed E-state index contributed by atoms with van der Waals surface area (Å²) in [5.74, 6) is -1.39. The average Bonchev–Trinajstić information content (AvgIpc) is 3.68. The van der Waals surface area contributed by atoms with Gasteiger partial charge in [-0.25, -0.2) is 9.50 Å². The lowest BCUT2D eigenvalue weighted by Gasteiger charge is -2.50. The van der Waals surface area contributed by atoms with E-state index in [1.54, 1.807) is 41.2 Å². The fourth-order valence-corrected chi connectivity index (χ4v) is 8.51. The number of amides is 5. The molecule has 10 rings (SSSR count). The summed E-state index contributed by atoms with van der Waals surface area (Å²) < 4.78 is 9.79. The molecule has 1 unspecified atom stereocenters. The lowest BCUT2D eigenvalue weighted by Crippen LogP contribution is -2.67. The van der Waals surface area contributed by atoms with Crippen molar-refractivity contribution in [3.05, 3.63) is 77.9 Å². The molecule has 0 radical (unpaired) electrons. The number of hydrogen-bond acceptors (Lipinski definition) is 12. The zero-order chi connectivity index (χ0) is 39.0. The van der Waals surface area contributed by atoms with Gasteiger partial charge in [0, 0.05) is 74.9 Å². The normalized spacial score (nSPS) is 21.2. The van der Waals surface area contributed by atoms with Crippen molar-refractivity contribution < 1.29 is 33.8 Å². The van der Waals surface area contributed by atoms with Crippen LogP contribution in [0.3, 0.4) is 0 Å². The van der Waals surface area contributed by atoms with Crippen LogP contribution in [-0.2, 0) is 9.59 Å². The summed E-state index contributed by atoms with van der Waals surface area (Å²) in [7, 11) is 0. The minimum atomic E-state index is -1.02. The van der Waals surface area contributed by atoms with Crippen LogP contribution in [0.4, 0.5) is 11.4 Å². The number of carbonyl (C=O) groups excluding carboxylic acids is 5. The van der Waals surface area contributed by atoms with Crippen molar-refractivity contribution in [3.63, 3.8) is 0 Å². The number of fused-ring (bicyclic) bond motifs is 3. The Hall–Kier alpha value is -6.20. The fourth-order valence-electron chi connectivity index (χ4n) is 8.51. The Morgan fingerprint density at radius 3 is 2.60 bits per heavy atom. The summed E-state index contributed by atoms with van der Waals surface area (Å²) in [5.41, 5.74) is 2.39. The van der Waals surface area contributed by atoms with Gasteiger partial charge < -0.3 is 25.0 Å². The molecular weight excluding hydrogens is 733 g/mol. The maximum atomic E-state index is 13.4. The monoisotopic (exact) mass is 772 g/mol. The Balaban J connectivity index is 0.770. The minimum Gasteiger partial charge on any atom is -0.491 e. The first-order valence-electron chi connectivity index (χ1n) is 19.4. The number of β-amino-alcohol motifs (C(OH)–C–C–N with tert-alkyl or cyclic N) is 1. The lowest BCUT2D eigenvalue weighted by molar-refractivity contribution is -0.136. The lowest BCUT2D eigenvalue weighted by atomic mass is 9.91. The Bertz CT molecular complexity index is 2490. The molecule has 17 heteroatoms. The highest BCUT2D eigenvalue weighted by Crippen LogP contribution is 2.37. The number of anilines is 2. The maximum absolute atomic E-state index is 13.4. The number of nitrogens with zero attached hydrogens (tertiary/aromatic N) is 8. The molecule has 7 heterocycles. The van der Waals surface area contributed by atoms with Crippen LogP contribution in [0.1, 0.15) is 75.6 Å². The number of likely N-dealkylation sites (tertiary alicyclic amines) is 1. The fraction of sp³-hybridized carbons (Fsp3) is 0.400. The molecule has 5 aromatic rings. The van der Waals surface area contributed by atoms with Crippen LogP contribution >= 0.6 is 0 Å². The van der Waals surface area contributed by atoms with E-state index in [2.05, 4.69) is 25.6 Å². The molecule has 1 aliphatic carbocycles. The second kappa shape index (κ2) is 13.5. The summed E-state index contributed by atoms with van der Waals surface area (Å²) >= 11 is 0. The van der Waals surface area contributed by atoms with Crippen LogP contribution in [0.25, 0.3) is 16.6 Å². The van der Waals surface area contributed by atoms with E-state index < -0.39 is 35.3 Å². The van der Waals surface area contributed by atoms with Gasteiger partial charge in [-0.3, -0.25) is 38.9 Å². The number of nitrogens with one attached hydrogen (secondary N) is 2. The summed E-state index contributed by atoms with van der Waals surface area (Å²) in [6.07, 6.45) is 11.0. The van der Waals surface area contributed by atoms with Crippen molar-refractivity contribution in [1.29, 1.82) is 0 Å². The van der Waals surface area contributed by atoms with Crippen molar-refractivity contribution in [2.24, 2.45) is 5.92 Å². The van der Waals surface area contributed by atoms with E-state index in [1.165, 1.54) is 6.20 Å². The standard InChI is InChI=1S/C40H40N10O7/c51-34-7-6-32(37(53)44-34)50-38(54)27-5-4-26(15-28(27)39(50)55)47-21-40(56,22-47)20-46-12-8-25(9-13-46)49-18-24-14-31(33(16-30(24)45-49)57-19-23-2-3-23)43-36(52)29-17-42-48-11-1-10-41-35(29)48/h1,4-5,10-11,14-18,23,25,32,56H,2-3,6-9,12-13,19-22H2,(H,43,52)(H,44,51,53). The number of aliphatic hydroxyl groups is 1. The molecule has 0 spiro atoms. The van der Waals surface area contributed by atoms with Gasteiger partial charge in [0.15, 0.2) is 5.65 Å². The van der Waals surface area contributed by atoms with Gasteiger partial charge in [0.2, 0.25) is 11.8 Å². The second-order valence-electron chi connectivity index (χ2n) is 15.9. The van der Waals surface area contributed by atoms with Gasteiger partial charge in [-0.2, -0.15) is 10.2 Å². The number of carbonyl (C=O) groups is 5. The SMILES string of the molecule is O=C1CCC(N2C(=O)c3ccc(N4CC(O)(CN5CCC(n6cc7cc(NC(=O)c8cnn9cccnc89)c(OCC8CC8)cc7n6)CC5)C4)cc3C2=O)C(=O)N1. The molecule has 5 amide bonds. The molecule has 1 saturated carbocycles. The third kappa shape index (κ3) is 6.45. The largest absolute Gasteiger partial charge is 0.491 e. The molecule has 5 aliphatic rings. The highest BCUT2D eigenvalue weighted by atomic mass is 16.5. The smallest absolute Gasteiger partial charge is 0.262 e. The molecule has 3 aromatic heterocycles. The highest BCUT2D eigenvalue weighted by molar-refractivity contribution is 6.23. The van der Waals surface area contributed by atoms with E-state index in [1.807, 2.05) is 27.9 Å². The molecule has 292 valence electrons. The quantitative estimate of drug-likeness (QED) is 0.176. The Kier molecular flexibility index (Phi) is 8.33. The summed E-state index contributed by atoms with van der Waals surface area (Å²) in [4.78, 5) is 73.4. The third-order valence-electron chi connectivity index (χ3n) is 11.8. The number of imide groups is 2. The number of aromatic nitrogens is 5. The maximum Gasteiger partial charge on any atom is 0.262 e. The zero-order valence-electron chi connectivity index (χ0n) is 31.0. The Morgan fingerprint density at radius 1 is 1.00 bits per heavy atom. The first-order valence-corrected chi connectivity index (χ1v) is 19.4. The van der Waals surface area contributed by atoms with Gasteiger partial charge in [-0.05, 0) is 68.4 Å². The molecule has 4 fully saturated rings. The summed E-state index contributed by atoms with van der Waals surface area (Å²) in [6, 6.07) is 9.71. The molecular formula is C40H40N10O7. The van der Waals surface area contributed by atoms with Gasteiger partial charge >= 0.3 is 0 Å². The number of piperidine rings is 2. The van der Waals surface area contributed by atoms with Crippen molar-refractivity contribution in [3.8, 4) is 5.75 Å². The number of benzene rings is 2. The van der Waals surface area contributed by atoms with E-state index in [9.17, 15) is 29.1 Å². The van der Waals surface area contributed by atoms with Crippen LogP contribution in [0.2, 0.25) is 0 Å². The molecule has 17 nitrogen and oxygen atoms in total. The van der Waals surface area contributed by atoms with Crippen LogP contribution in [0.5, 0.6) is 5.75 Å². The molecule has 4 aliphatic heterocycles. The van der Waals surface area contributed by atoms with E-state index in [0.717, 1.165) is 54.6 Å². The minimum absolute atomic E-state index is 0.0599. The van der Waals surface area contributed by atoms with Crippen LogP contribution in [0.15, 0.2) is 61.2 Å². The van der Waals surface area contributed by atoms with Crippen molar-refractivity contribution in [1.82, 2.24) is 39.5 Å². The van der Waals surface area contributed by atoms with E-state index in [0.29, 0.717) is 60.5 Å². The van der Waals surface area contributed by atoms with Gasteiger partial charge in [0.05, 0.1) is 41.2 Å². The topological polar surface area (TPSA) is 197 Å². The van der Waals surface area contributed by atoms with E-state index in [-0.39, 0.29) is 35.9 Å². The first kappa shape index (κ1) is 35.2. The van der Waals surface area contributed by atoms with Crippen LogP contribution in [-0.4, -0.2) is 120 Å². The van der Waals surface area contributed by atoms with Crippen molar-refractivity contribution in [2.45, 2.75) is 56.2 Å². The summed E-state index contributed by atoms with van der Waals surface area (Å²) in [5, 5.41) is 26.8. The predicted molar refractivity (Wildman–Crippen MR) is 204 cm³/mol. The molecule has 2 aromatic carbocycles. The van der Waals surface area contributed by atoms with Gasteiger partial charge in [0.25, 0.3) is 17.7 Å². The third-order valence-corrected chi connectivity index (χ3v) is 11.8. The first-order chi connectivity index (χ1) is 27.6. The Labute approximate surface area is 325 Å². The molecule has 57 heavy (non-hydrogen) atoms. The number of rotatable bonds is 10.